The van der Waals surface area contributed by atoms with Crippen LogP contribution in [0.3, 0.4) is 0 Å². The zero-order valence-corrected chi connectivity index (χ0v) is 11.3. The van der Waals surface area contributed by atoms with Crippen LogP contribution in [0, 0.1) is 5.92 Å². The Kier molecular flexibility index (Phi) is 4.22. The quantitative estimate of drug-likeness (QED) is 0.772. The van der Waals surface area contributed by atoms with E-state index in [-0.39, 0.29) is 17.9 Å². The van der Waals surface area contributed by atoms with Crippen molar-refractivity contribution in [3.8, 4) is 0 Å². The minimum absolute atomic E-state index is 0.0689. The molecule has 1 aromatic heterocycles. The Morgan fingerprint density at radius 1 is 1.37 bits per heavy atom. The van der Waals surface area contributed by atoms with Crippen LogP contribution in [0.5, 0.6) is 0 Å². The predicted molar refractivity (Wildman–Crippen MR) is 76.1 cm³/mol. The van der Waals surface area contributed by atoms with Gasteiger partial charge in [-0.05, 0) is 43.5 Å². The van der Waals surface area contributed by atoms with E-state index in [0.717, 1.165) is 10.9 Å². The second kappa shape index (κ2) is 5.89. The second-order valence-electron chi connectivity index (χ2n) is 5.18. The Hall–Kier alpha value is -1.81. The summed E-state index contributed by atoms with van der Waals surface area (Å²) in [5.41, 5.74) is 1.69. The number of benzene rings is 1. The second-order valence-corrected chi connectivity index (χ2v) is 5.18. The van der Waals surface area contributed by atoms with E-state index in [4.69, 9.17) is 0 Å². The average Bonchev–Trinajstić information content (AvgIpc) is 2.82. The number of aromatic amines is 1. The molecule has 102 valence electrons. The molecule has 3 N–H and O–H groups in total. The molecule has 0 bridgehead atoms. The standard InChI is InChI=1S/C15H20N2O2/c1-10(7-11(2)18)9-17-15(19)13-3-4-14-12(8-13)5-6-16-14/h3-6,8,10-11,16,18H,7,9H2,1-2H3,(H,17,19). The number of aliphatic hydroxyl groups is 1. The van der Waals surface area contributed by atoms with Gasteiger partial charge in [-0.25, -0.2) is 0 Å². The topological polar surface area (TPSA) is 65.1 Å². The number of carbonyl (C=O) groups is 1. The van der Waals surface area contributed by atoms with Crippen LogP contribution in [-0.4, -0.2) is 28.6 Å². The van der Waals surface area contributed by atoms with Gasteiger partial charge in [0.2, 0.25) is 0 Å². The maximum atomic E-state index is 12.0. The van der Waals surface area contributed by atoms with E-state index in [1.54, 1.807) is 6.92 Å². The Bertz CT molecular complexity index is 560. The number of hydrogen-bond donors (Lipinski definition) is 3. The third kappa shape index (κ3) is 3.58. The average molecular weight is 260 g/mol. The number of aromatic nitrogens is 1. The first kappa shape index (κ1) is 13.6. The molecule has 0 radical (unpaired) electrons. The molecule has 19 heavy (non-hydrogen) atoms. The first-order valence-corrected chi connectivity index (χ1v) is 6.59. The lowest BCUT2D eigenvalue weighted by molar-refractivity contribution is 0.0939. The number of rotatable bonds is 5. The molecule has 4 nitrogen and oxygen atoms in total. The molecule has 0 saturated carbocycles. The van der Waals surface area contributed by atoms with Gasteiger partial charge in [0.25, 0.3) is 5.91 Å². The summed E-state index contributed by atoms with van der Waals surface area (Å²) in [6.07, 6.45) is 2.22. The summed E-state index contributed by atoms with van der Waals surface area (Å²) in [4.78, 5) is 15.1. The van der Waals surface area contributed by atoms with Crippen molar-refractivity contribution < 1.29 is 9.90 Å². The number of amides is 1. The molecule has 1 amide bonds. The molecule has 0 aliphatic carbocycles. The van der Waals surface area contributed by atoms with Gasteiger partial charge in [0, 0.05) is 29.2 Å². The molecule has 0 aliphatic rings. The lowest BCUT2D eigenvalue weighted by Gasteiger charge is -2.14. The number of fused-ring (bicyclic) bond motifs is 1. The van der Waals surface area contributed by atoms with Crippen molar-refractivity contribution in [2.45, 2.75) is 26.4 Å². The Labute approximate surface area is 112 Å². The fourth-order valence-electron chi connectivity index (χ4n) is 2.23. The number of hydrogen-bond acceptors (Lipinski definition) is 2. The highest BCUT2D eigenvalue weighted by Gasteiger charge is 2.10. The minimum Gasteiger partial charge on any atom is -0.393 e. The molecule has 0 aliphatic heterocycles. The fraction of sp³-hybridized carbons (Fsp3) is 0.400. The van der Waals surface area contributed by atoms with Crippen molar-refractivity contribution in [2.75, 3.05) is 6.54 Å². The normalized spacial score (nSPS) is 14.3. The molecule has 4 heteroatoms. The zero-order valence-electron chi connectivity index (χ0n) is 11.3. The van der Waals surface area contributed by atoms with E-state index in [1.807, 2.05) is 37.4 Å². The highest BCUT2D eigenvalue weighted by Crippen LogP contribution is 2.14. The highest BCUT2D eigenvalue weighted by molar-refractivity contribution is 5.98. The third-order valence-corrected chi connectivity index (χ3v) is 3.17. The highest BCUT2D eigenvalue weighted by atomic mass is 16.3. The number of aliphatic hydroxyl groups excluding tert-OH is 1. The monoisotopic (exact) mass is 260 g/mol. The van der Waals surface area contributed by atoms with E-state index in [9.17, 15) is 9.90 Å². The van der Waals surface area contributed by atoms with Gasteiger partial charge in [-0.2, -0.15) is 0 Å². The molecule has 0 fully saturated rings. The van der Waals surface area contributed by atoms with Gasteiger partial charge >= 0.3 is 0 Å². The Morgan fingerprint density at radius 3 is 2.89 bits per heavy atom. The van der Waals surface area contributed by atoms with E-state index < -0.39 is 0 Å². The first-order valence-electron chi connectivity index (χ1n) is 6.59. The van der Waals surface area contributed by atoms with Gasteiger partial charge in [-0.15, -0.1) is 0 Å². The molecule has 1 aromatic carbocycles. The summed E-state index contributed by atoms with van der Waals surface area (Å²) in [5.74, 6) is 0.195. The lowest BCUT2D eigenvalue weighted by atomic mass is 10.0. The summed E-state index contributed by atoms with van der Waals surface area (Å²) >= 11 is 0. The third-order valence-electron chi connectivity index (χ3n) is 3.17. The van der Waals surface area contributed by atoms with Crippen molar-refractivity contribution in [3.63, 3.8) is 0 Å². The van der Waals surface area contributed by atoms with E-state index in [0.29, 0.717) is 18.5 Å². The van der Waals surface area contributed by atoms with Crippen LogP contribution in [-0.2, 0) is 0 Å². The summed E-state index contributed by atoms with van der Waals surface area (Å²) in [5, 5.41) is 13.2. The van der Waals surface area contributed by atoms with Crippen molar-refractivity contribution in [1.29, 1.82) is 0 Å². The SMILES string of the molecule is CC(O)CC(C)CNC(=O)c1ccc2[nH]ccc2c1. The van der Waals surface area contributed by atoms with E-state index in [1.165, 1.54) is 0 Å². The summed E-state index contributed by atoms with van der Waals surface area (Å²) in [6, 6.07) is 7.54. The van der Waals surface area contributed by atoms with Crippen LogP contribution in [0.25, 0.3) is 10.9 Å². The predicted octanol–water partition coefficient (Wildman–Crippen LogP) is 2.30. The molecular weight excluding hydrogens is 240 g/mol. The number of H-pyrrole nitrogens is 1. The van der Waals surface area contributed by atoms with Gasteiger partial charge in [0.1, 0.15) is 0 Å². The van der Waals surface area contributed by atoms with Crippen molar-refractivity contribution in [1.82, 2.24) is 10.3 Å². The van der Waals surface area contributed by atoms with Gasteiger partial charge in [0.15, 0.2) is 0 Å². The molecule has 1 heterocycles. The van der Waals surface area contributed by atoms with E-state index in [2.05, 4.69) is 10.3 Å². The van der Waals surface area contributed by atoms with E-state index >= 15 is 0 Å². The molecular formula is C15H20N2O2. The molecule has 2 atom stereocenters. The van der Waals surface area contributed by atoms with Gasteiger partial charge in [0.05, 0.1) is 6.10 Å². The largest absolute Gasteiger partial charge is 0.393 e. The molecule has 2 rings (SSSR count). The fourth-order valence-corrected chi connectivity index (χ4v) is 2.23. The Morgan fingerprint density at radius 2 is 2.16 bits per heavy atom. The summed E-state index contributed by atoms with van der Waals surface area (Å²) in [6.45, 7) is 4.36. The first-order chi connectivity index (χ1) is 9.06. The molecule has 2 aromatic rings. The van der Waals surface area contributed by atoms with Crippen molar-refractivity contribution in [2.24, 2.45) is 5.92 Å². The van der Waals surface area contributed by atoms with Crippen LogP contribution >= 0.6 is 0 Å². The maximum absolute atomic E-state index is 12.0. The molecule has 0 spiro atoms. The molecule has 0 saturated heterocycles. The summed E-state index contributed by atoms with van der Waals surface area (Å²) in [7, 11) is 0. The van der Waals surface area contributed by atoms with Crippen LogP contribution < -0.4 is 5.32 Å². The molecule has 2 unspecified atom stereocenters. The van der Waals surface area contributed by atoms with Crippen molar-refractivity contribution in [3.05, 3.63) is 36.0 Å². The minimum atomic E-state index is -0.330. The summed E-state index contributed by atoms with van der Waals surface area (Å²) < 4.78 is 0. The maximum Gasteiger partial charge on any atom is 0.251 e. The smallest absolute Gasteiger partial charge is 0.251 e. The lowest BCUT2D eigenvalue weighted by Crippen LogP contribution is -2.29. The van der Waals surface area contributed by atoms with Crippen LogP contribution in [0.4, 0.5) is 0 Å². The Balaban J connectivity index is 1.95. The van der Waals surface area contributed by atoms with Crippen LogP contribution in [0.2, 0.25) is 0 Å². The van der Waals surface area contributed by atoms with Gasteiger partial charge in [-0.3, -0.25) is 4.79 Å². The zero-order chi connectivity index (χ0) is 13.8. The number of carbonyl (C=O) groups excluding carboxylic acids is 1. The van der Waals surface area contributed by atoms with Crippen molar-refractivity contribution >= 4 is 16.8 Å². The van der Waals surface area contributed by atoms with Gasteiger partial charge < -0.3 is 15.4 Å². The van der Waals surface area contributed by atoms with Crippen LogP contribution in [0.15, 0.2) is 30.5 Å². The number of nitrogens with one attached hydrogen (secondary N) is 2. The van der Waals surface area contributed by atoms with Crippen LogP contribution in [0.1, 0.15) is 30.6 Å². The van der Waals surface area contributed by atoms with Gasteiger partial charge in [-0.1, -0.05) is 6.92 Å².